The van der Waals surface area contributed by atoms with Gasteiger partial charge in [0.2, 0.25) is 0 Å². The molecule has 31 heavy (non-hydrogen) atoms. The van der Waals surface area contributed by atoms with Crippen LogP contribution in [0.2, 0.25) is 0 Å². The third-order valence-corrected chi connectivity index (χ3v) is 5.50. The van der Waals surface area contributed by atoms with Crippen LogP contribution in [-0.4, -0.2) is 14.5 Å². The van der Waals surface area contributed by atoms with Gasteiger partial charge in [0.05, 0.1) is 11.4 Å². The fourth-order valence-electron chi connectivity index (χ4n) is 4.00. The highest BCUT2D eigenvalue weighted by molar-refractivity contribution is 6.09. The lowest BCUT2D eigenvalue weighted by molar-refractivity contribution is 0.827. The molecule has 3 heterocycles. The lowest BCUT2D eigenvalue weighted by Gasteiger charge is -2.03. The van der Waals surface area contributed by atoms with Crippen LogP contribution < -0.4 is 0 Å². The normalized spacial score (nSPS) is 11.9. The Morgan fingerprint density at radius 3 is 1.58 bits per heavy atom. The number of aromatic nitrogens is 3. The summed E-state index contributed by atoms with van der Waals surface area (Å²) in [6, 6.07) is 25.2. The van der Waals surface area contributed by atoms with E-state index in [1.54, 1.807) is 0 Å². The first-order chi connectivity index (χ1) is 15.3. The quantitative estimate of drug-likeness (QED) is 0.319. The fraction of sp³-hybridized carbons (Fsp3) is 0.0714. The monoisotopic (exact) mass is 401 g/mol. The third kappa shape index (κ3) is 3.90. The van der Waals surface area contributed by atoms with Gasteiger partial charge in [-0.1, -0.05) is 36.4 Å². The van der Waals surface area contributed by atoms with Crippen LogP contribution in [0.25, 0.3) is 46.1 Å². The summed E-state index contributed by atoms with van der Waals surface area (Å²) in [6.45, 7) is 3.13. The Morgan fingerprint density at radius 1 is 0.645 bits per heavy atom. The molecule has 0 bridgehead atoms. The van der Waals surface area contributed by atoms with E-state index < -0.39 is 0 Å². The lowest BCUT2D eigenvalue weighted by atomic mass is 10.1. The summed E-state index contributed by atoms with van der Waals surface area (Å²) in [4.78, 5) is 8.75. The summed E-state index contributed by atoms with van der Waals surface area (Å²) in [6.07, 6.45) is 12.0. The summed E-state index contributed by atoms with van der Waals surface area (Å²) in [5.41, 5.74) is 6.78. The number of benzene rings is 2. The van der Waals surface area contributed by atoms with E-state index in [0.29, 0.717) is 0 Å². The van der Waals surface area contributed by atoms with Crippen LogP contribution in [0, 0.1) is 0 Å². The smallest absolute Gasteiger partial charge is 0.0629 e. The van der Waals surface area contributed by atoms with Crippen molar-refractivity contribution in [1.82, 2.24) is 14.5 Å². The highest BCUT2D eigenvalue weighted by atomic mass is 15.0. The molecule has 0 N–H and O–H groups in total. The van der Waals surface area contributed by atoms with Gasteiger partial charge < -0.3 is 4.57 Å². The maximum absolute atomic E-state index is 4.38. The largest absolute Gasteiger partial charge is 0.341 e. The molecule has 0 aliphatic rings. The van der Waals surface area contributed by atoms with E-state index in [1.807, 2.05) is 48.8 Å². The standard InChI is InChI=1S/C28H23N3/c1-2-31-27-15-11-21(9-13-23-7-3-5-17-29-23)19-25(27)26-20-22(12-16-28(26)31)10-14-24-8-4-6-18-30-24/h3-20H,2H2,1H3. The van der Waals surface area contributed by atoms with Crippen LogP contribution in [0.1, 0.15) is 29.4 Å². The molecule has 0 saturated carbocycles. The molecule has 0 amide bonds. The molecule has 3 aromatic heterocycles. The Kier molecular flexibility index (Phi) is 5.16. The number of hydrogen-bond acceptors (Lipinski definition) is 2. The number of fused-ring (bicyclic) bond motifs is 3. The van der Waals surface area contributed by atoms with Gasteiger partial charge in [-0.15, -0.1) is 0 Å². The molecule has 0 atom stereocenters. The van der Waals surface area contributed by atoms with Gasteiger partial charge in [0.15, 0.2) is 0 Å². The minimum absolute atomic E-state index is 0.937. The molecule has 5 aromatic rings. The molecule has 0 spiro atoms. The van der Waals surface area contributed by atoms with Gasteiger partial charge in [-0.25, -0.2) is 0 Å². The Morgan fingerprint density at radius 2 is 1.16 bits per heavy atom. The average molecular weight is 402 g/mol. The molecule has 3 heteroatoms. The van der Waals surface area contributed by atoms with Crippen LogP contribution in [0.15, 0.2) is 85.2 Å². The molecule has 0 aliphatic carbocycles. The third-order valence-electron chi connectivity index (χ3n) is 5.50. The second-order valence-corrected chi connectivity index (χ2v) is 7.47. The van der Waals surface area contributed by atoms with Crippen molar-refractivity contribution >= 4 is 46.1 Å². The highest BCUT2D eigenvalue weighted by Gasteiger charge is 2.10. The SMILES string of the molecule is CCn1c2ccc(C=Cc3ccccn3)cc2c2cc(C=Cc3ccccn3)ccc21. The summed E-state index contributed by atoms with van der Waals surface area (Å²) < 4.78 is 2.38. The second-order valence-electron chi connectivity index (χ2n) is 7.47. The van der Waals surface area contributed by atoms with E-state index in [-0.39, 0.29) is 0 Å². The molecular formula is C28H23N3. The van der Waals surface area contributed by atoms with Crippen molar-refractivity contribution in [3.63, 3.8) is 0 Å². The van der Waals surface area contributed by atoms with Gasteiger partial charge >= 0.3 is 0 Å². The summed E-state index contributed by atoms with van der Waals surface area (Å²) in [7, 11) is 0. The Balaban J connectivity index is 1.58. The summed E-state index contributed by atoms with van der Waals surface area (Å²) >= 11 is 0. The number of hydrogen-bond donors (Lipinski definition) is 0. The van der Waals surface area contributed by atoms with Crippen molar-refractivity contribution in [2.24, 2.45) is 0 Å². The van der Waals surface area contributed by atoms with Crippen LogP contribution in [-0.2, 0) is 6.54 Å². The number of rotatable bonds is 5. The first-order valence-electron chi connectivity index (χ1n) is 10.6. The summed E-state index contributed by atoms with van der Waals surface area (Å²) in [5, 5.41) is 2.54. The van der Waals surface area contributed by atoms with Crippen LogP contribution >= 0.6 is 0 Å². The zero-order valence-electron chi connectivity index (χ0n) is 17.4. The maximum Gasteiger partial charge on any atom is 0.0629 e. The van der Waals surface area contributed by atoms with Gasteiger partial charge in [0.1, 0.15) is 0 Å². The van der Waals surface area contributed by atoms with Gasteiger partial charge in [-0.05, 0) is 78.7 Å². The zero-order chi connectivity index (χ0) is 21.0. The molecule has 0 fully saturated rings. The second kappa shape index (κ2) is 8.41. The Labute approximate surface area is 182 Å². The van der Waals surface area contributed by atoms with Crippen molar-refractivity contribution in [1.29, 1.82) is 0 Å². The highest BCUT2D eigenvalue weighted by Crippen LogP contribution is 2.31. The molecule has 5 rings (SSSR count). The summed E-state index contributed by atoms with van der Waals surface area (Å²) in [5.74, 6) is 0. The molecular weight excluding hydrogens is 378 g/mol. The Bertz CT molecular complexity index is 1290. The van der Waals surface area contributed by atoms with Crippen molar-refractivity contribution in [2.75, 3.05) is 0 Å². The van der Waals surface area contributed by atoms with E-state index >= 15 is 0 Å². The molecule has 0 aliphatic heterocycles. The lowest BCUT2D eigenvalue weighted by Crippen LogP contribution is -1.92. The average Bonchev–Trinajstić information content (AvgIpc) is 3.15. The van der Waals surface area contributed by atoms with Gasteiger partial charge in [0, 0.05) is 40.7 Å². The van der Waals surface area contributed by atoms with Crippen LogP contribution in [0.4, 0.5) is 0 Å². The zero-order valence-corrected chi connectivity index (χ0v) is 17.4. The van der Waals surface area contributed by atoms with Crippen LogP contribution in [0.5, 0.6) is 0 Å². The predicted molar refractivity (Wildman–Crippen MR) is 131 cm³/mol. The van der Waals surface area contributed by atoms with E-state index in [9.17, 15) is 0 Å². The van der Waals surface area contributed by atoms with E-state index in [0.717, 1.165) is 17.9 Å². The molecule has 0 radical (unpaired) electrons. The number of nitrogens with zero attached hydrogens (tertiary/aromatic N) is 3. The Hall–Kier alpha value is -3.98. The number of aryl methyl sites for hydroxylation is 1. The van der Waals surface area contributed by atoms with Crippen molar-refractivity contribution in [2.45, 2.75) is 13.5 Å². The molecule has 0 unspecified atom stereocenters. The minimum Gasteiger partial charge on any atom is -0.341 e. The molecule has 2 aromatic carbocycles. The van der Waals surface area contributed by atoms with E-state index in [4.69, 9.17) is 0 Å². The van der Waals surface area contributed by atoms with Gasteiger partial charge in [-0.2, -0.15) is 0 Å². The predicted octanol–water partition coefficient (Wildman–Crippen LogP) is 6.95. The molecule has 3 nitrogen and oxygen atoms in total. The van der Waals surface area contributed by atoms with Gasteiger partial charge in [-0.3, -0.25) is 9.97 Å². The van der Waals surface area contributed by atoms with Crippen molar-refractivity contribution in [3.05, 3.63) is 108 Å². The molecule has 150 valence electrons. The van der Waals surface area contributed by atoms with Crippen LogP contribution in [0.3, 0.4) is 0 Å². The van der Waals surface area contributed by atoms with Crippen molar-refractivity contribution in [3.8, 4) is 0 Å². The minimum atomic E-state index is 0.937. The maximum atomic E-state index is 4.38. The molecule has 0 saturated heterocycles. The van der Waals surface area contributed by atoms with E-state index in [2.05, 4.69) is 82.2 Å². The first-order valence-corrected chi connectivity index (χ1v) is 10.6. The van der Waals surface area contributed by atoms with Crippen molar-refractivity contribution < 1.29 is 0 Å². The fourth-order valence-corrected chi connectivity index (χ4v) is 4.00. The van der Waals surface area contributed by atoms with E-state index in [1.165, 1.54) is 32.9 Å². The number of pyridine rings is 2. The first kappa shape index (κ1) is 19.0. The topological polar surface area (TPSA) is 30.7 Å². The van der Waals surface area contributed by atoms with Gasteiger partial charge in [0.25, 0.3) is 0 Å².